The molecule has 0 unspecified atom stereocenters. The fraction of sp³-hybridized carbons (Fsp3) is 0.429. The third-order valence-corrected chi connectivity index (χ3v) is 0.886. The second kappa shape index (κ2) is 6.08. The van der Waals surface area contributed by atoms with Crippen molar-refractivity contribution in [3.8, 4) is 0 Å². The van der Waals surface area contributed by atoms with Crippen LogP contribution in [0.2, 0.25) is 0 Å². The fourth-order valence-corrected chi connectivity index (χ4v) is 0.444. The van der Waals surface area contributed by atoms with E-state index in [1.807, 2.05) is 0 Å². The minimum absolute atomic E-state index is 0.370. The Morgan fingerprint density at radius 3 is 2.70 bits per heavy atom. The summed E-state index contributed by atoms with van der Waals surface area (Å²) in [5.41, 5.74) is 0. The lowest BCUT2D eigenvalue weighted by molar-refractivity contribution is 0.159. The maximum absolute atomic E-state index is 9.71. The highest BCUT2D eigenvalue weighted by molar-refractivity contribution is 5.49. The van der Waals surface area contributed by atoms with E-state index in [0.717, 1.165) is 0 Å². The highest BCUT2D eigenvalue weighted by atomic mass is 16.5. The molecule has 0 atom stereocenters. The molecule has 0 spiro atoms. The van der Waals surface area contributed by atoms with Crippen molar-refractivity contribution < 1.29 is 14.3 Å². The van der Waals surface area contributed by atoms with Gasteiger partial charge >= 0.3 is 0 Å². The quantitative estimate of drug-likeness (QED) is 0.326. The van der Waals surface area contributed by atoms with Crippen LogP contribution in [0.25, 0.3) is 0 Å². The van der Waals surface area contributed by atoms with Gasteiger partial charge in [-0.25, -0.2) is 4.79 Å². The van der Waals surface area contributed by atoms with Crippen LogP contribution in [0.1, 0.15) is 0 Å². The highest BCUT2D eigenvalue weighted by Crippen LogP contribution is 1.94. The van der Waals surface area contributed by atoms with Crippen LogP contribution < -0.4 is 0 Å². The second-order valence-corrected chi connectivity index (χ2v) is 1.55. The first-order valence-corrected chi connectivity index (χ1v) is 2.78. The van der Waals surface area contributed by atoms with Gasteiger partial charge in [0.25, 0.3) is 0 Å². The summed E-state index contributed by atoms with van der Waals surface area (Å²) in [6, 6.07) is 0. The molecule has 0 amide bonds. The Morgan fingerprint density at radius 1 is 1.60 bits per heavy atom. The van der Waals surface area contributed by atoms with Gasteiger partial charge in [0.1, 0.15) is 18.3 Å². The fourth-order valence-electron chi connectivity index (χ4n) is 0.444. The summed E-state index contributed by atoms with van der Waals surface area (Å²) in [5, 5.41) is 0. The van der Waals surface area contributed by atoms with Crippen molar-refractivity contribution in [1.29, 1.82) is 0 Å². The minimum Gasteiger partial charge on any atom is -0.499 e. The molecule has 3 nitrogen and oxygen atoms in total. The first kappa shape index (κ1) is 8.95. The van der Waals surface area contributed by atoms with Crippen molar-refractivity contribution >= 4 is 5.94 Å². The molecule has 0 saturated carbocycles. The average Bonchev–Trinajstić information content (AvgIpc) is 1.98. The van der Waals surface area contributed by atoms with E-state index in [0.29, 0.717) is 12.4 Å². The molecular weight excluding hydrogens is 132 g/mol. The van der Waals surface area contributed by atoms with Gasteiger partial charge in [-0.3, -0.25) is 0 Å². The van der Waals surface area contributed by atoms with Crippen LogP contribution in [-0.4, -0.2) is 26.8 Å². The zero-order valence-corrected chi connectivity index (χ0v) is 6.09. The Labute approximate surface area is 59.9 Å². The third kappa shape index (κ3) is 3.89. The van der Waals surface area contributed by atoms with E-state index in [1.165, 1.54) is 19.3 Å². The van der Waals surface area contributed by atoms with Crippen molar-refractivity contribution in [2.24, 2.45) is 0 Å². The Bertz CT molecular complexity index is 154. The van der Waals surface area contributed by atoms with Crippen LogP contribution in [0.4, 0.5) is 0 Å². The first-order valence-electron chi connectivity index (χ1n) is 2.78. The predicted octanol–water partition coefficient (Wildman–Crippen LogP) is 0.551. The number of methoxy groups -OCH3 is 2. The number of hydrogen-bond acceptors (Lipinski definition) is 3. The molecule has 0 aromatic carbocycles. The first-order chi connectivity index (χ1) is 4.85. The van der Waals surface area contributed by atoms with Crippen LogP contribution in [0.5, 0.6) is 0 Å². The lowest BCUT2D eigenvalue weighted by Gasteiger charge is -2.01. The zero-order chi connectivity index (χ0) is 7.82. The van der Waals surface area contributed by atoms with Crippen LogP contribution in [0, 0.1) is 0 Å². The van der Waals surface area contributed by atoms with Gasteiger partial charge in [0.15, 0.2) is 0 Å². The van der Waals surface area contributed by atoms with Gasteiger partial charge < -0.3 is 9.47 Å². The molecule has 0 fully saturated rings. The minimum atomic E-state index is 0.370. The molecular formula is C7H10O3. The van der Waals surface area contributed by atoms with Crippen molar-refractivity contribution in [3.05, 3.63) is 17.9 Å². The largest absolute Gasteiger partial charge is 0.499 e. The van der Waals surface area contributed by atoms with Crippen LogP contribution in [-0.2, 0) is 14.3 Å². The summed E-state index contributed by atoms with van der Waals surface area (Å²) >= 11 is 0. The Hall–Kier alpha value is -1.05. The number of rotatable bonds is 4. The van der Waals surface area contributed by atoms with Gasteiger partial charge in [-0.15, -0.1) is 0 Å². The topological polar surface area (TPSA) is 35.5 Å². The average molecular weight is 142 g/mol. The molecule has 0 saturated heterocycles. The van der Waals surface area contributed by atoms with E-state index in [-0.39, 0.29) is 0 Å². The van der Waals surface area contributed by atoms with Crippen LogP contribution in [0.15, 0.2) is 17.9 Å². The second-order valence-electron chi connectivity index (χ2n) is 1.55. The molecule has 0 aliphatic heterocycles. The molecule has 0 N–H and O–H groups in total. The van der Waals surface area contributed by atoms with Crippen molar-refractivity contribution in [2.75, 3.05) is 20.8 Å². The lowest BCUT2D eigenvalue weighted by atomic mass is 10.4. The van der Waals surface area contributed by atoms with E-state index < -0.39 is 0 Å². The molecule has 0 aliphatic rings. The van der Waals surface area contributed by atoms with Gasteiger partial charge in [0, 0.05) is 13.2 Å². The van der Waals surface area contributed by atoms with Crippen LogP contribution >= 0.6 is 0 Å². The summed E-state index contributed by atoms with van der Waals surface area (Å²) in [7, 11) is 3.07. The van der Waals surface area contributed by atoms with E-state index >= 15 is 0 Å². The monoisotopic (exact) mass is 142 g/mol. The predicted molar refractivity (Wildman–Crippen MR) is 37.2 cm³/mol. The summed E-state index contributed by atoms with van der Waals surface area (Å²) in [6.07, 6.45) is 2.74. The number of carbonyl (C=O) groups excluding carboxylic acids is 1. The van der Waals surface area contributed by atoms with E-state index in [4.69, 9.17) is 9.47 Å². The number of hydrogen-bond donors (Lipinski definition) is 0. The molecule has 0 aliphatic carbocycles. The van der Waals surface area contributed by atoms with Gasteiger partial charge in [-0.05, 0) is 6.08 Å². The maximum atomic E-state index is 9.71. The number of ether oxygens (including phenoxy) is 2. The van der Waals surface area contributed by atoms with Crippen LogP contribution in [0.3, 0.4) is 0 Å². The Morgan fingerprint density at radius 2 is 2.30 bits per heavy atom. The highest BCUT2D eigenvalue weighted by Gasteiger charge is 1.90. The van der Waals surface area contributed by atoms with Gasteiger partial charge in [-0.1, -0.05) is 0 Å². The molecule has 0 radical (unpaired) electrons. The van der Waals surface area contributed by atoms with Crippen molar-refractivity contribution in [3.63, 3.8) is 0 Å². The molecule has 0 heterocycles. The number of allylic oxidation sites excluding steroid dienone is 2. The zero-order valence-electron chi connectivity index (χ0n) is 6.09. The van der Waals surface area contributed by atoms with Crippen molar-refractivity contribution in [1.82, 2.24) is 0 Å². The summed E-state index contributed by atoms with van der Waals surface area (Å²) < 4.78 is 9.57. The normalized spacial score (nSPS) is 10.4. The van der Waals surface area contributed by atoms with Gasteiger partial charge in [0.2, 0.25) is 0 Å². The Kier molecular flexibility index (Phi) is 5.44. The molecule has 0 aromatic heterocycles. The smallest absolute Gasteiger partial charge is 0.124 e. The van der Waals surface area contributed by atoms with Crippen molar-refractivity contribution in [2.45, 2.75) is 0 Å². The third-order valence-electron chi connectivity index (χ3n) is 0.886. The molecule has 10 heavy (non-hydrogen) atoms. The van der Waals surface area contributed by atoms with E-state index in [9.17, 15) is 4.79 Å². The summed E-state index contributed by atoms with van der Waals surface area (Å²) in [5.74, 6) is 2.21. The maximum Gasteiger partial charge on any atom is 0.124 e. The molecule has 56 valence electrons. The Balaban J connectivity index is 3.90. The molecule has 3 heteroatoms. The molecule has 0 bridgehead atoms. The summed E-state index contributed by atoms with van der Waals surface area (Å²) in [4.78, 5) is 9.71. The van der Waals surface area contributed by atoms with Gasteiger partial charge in [-0.2, -0.15) is 0 Å². The SMILES string of the molecule is COCC(=CC=C=O)OC. The van der Waals surface area contributed by atoms with Gasteiger partial charge in [0.05, 0.1) is 7.11 Å². The lowest BCUT2D eigenvalue weighted by Crippen LogP contribution is -1.95. The molecule has 0 aromatic rings. The molecule has 0 rings (SSSR count). The van der Waals surface area contributed by atoms with E-state index in [1.54, 1.807) is 13.1 Å². The van der Waals surface area contributed by atoms with E-state index in [2.05, 4.69) is 0 Å². The summed E-state index contributed by atoms with van der Waals surface area (Å²) in [6.45, 7) is 0.370. The standard InChI is InChI=1S/C7H10O3/c1-9-6-7(10-2)4-3-5-8/h3-4H,6H2,1-2H3.